The zero-order valence-electron chi connectivity index (χ0n) is 10.3. The maximum absolute atomic E-state index is 12.1. The first kappa shape index (κ1) is 15.1. The number of hydrogen-bond acceptors (Lipinski definition) is 5. The van der Waals surface area contributed by atoms with Gasteiger partial charge in [-0.05, 0) is 30.3 Å². The Morgan fingerprint density at radius 3 is 2.48 bits per heavy atom. The second kappa shape index (κ2) is 5.58. The lowest BCUT2D eigenvalue weighted by Crippen LogP contribution is -2.14. The van der Waals surface area contributed by atoms with Crippen molar-refractivity contribution in [1.29, 1.82) is 0 Å². The fraction of sp³-hybridized carbons (Fsp3) is 0. The number of phenols is 1. The van der Waals surface area contributed by atoms with Gasteiger partial charge in [-0.15, -0.1) is 0 Å². The maximum atomic E-state index is 12.1. The van der Waals surface area contributed by atoms with E-state index >= 15 is 0 Å². The molecule has 2 rings (SSSR count). The van der Waals surface area contributed by atoms with Crippen molar-refractivity contribution >= 4 is 33.3 Å². The van der Waals surface area contributed by atoms with Crippen LogP contribution in [0.5, 0.6) is 5.75 Å². The molecule has 3 N–H and O–H groups in total. The Labute approximate surface area is 124 Å². The van der Waals surface area contributed by atoms with Gasteiger partial charge in [-0.3, -0.25) is 4.72 Å². The Bertz CT molecular complexity index is 790. The highest BCUT2D eigenvalue weighted by Crippen LogP contribution is 2.27. The van der Waals surface area contributed by atoms with Crippen LogP contribution in [-0.2, 0) is 10.0 Å². The van der Waals surface area contributed by atoms with E-state index < -0.39 is 16.0 Å². The molecule has 0 saturated carbocycles. The van der Waals surface area contributed by atoms with Crippen LogP contribution in [0.15, 0.2) is 41.6 Å². The van der Waals surface area contributed by atoms with Crippen molar-refractivity contribution in [2.24, 2.45) is 0 Å². The summed E-state index contributed by atoms with van der Waals surface area (Å²) in [6.07, 6.45) is 0.945. The molecule has 0 bridgehead atoms. The van der Waals surface area contributed by atoms with E-state index in [4.69, 9.17) is 16.7 Å². The number of aromatic carboxylic acids is 1. The predicted octanol–water partition coefficient (Wildman–Crippen LogP) is 1.94. The SMILES string of the molecule is O=C(O)c1ccc(S(=O)(=O)Nc2ccc(O)c(Cl)c2)nc1. The first-order valence-corrected chi connectivity index (χ1v) is 7.36. The van der Waals surface area contributed by atoms with E-state index in [9.17, 15) is 18.3 Å². The topological polar surface area (TPSA) is 117 Å². The lowest BCUT2D eigenvalue weighted by Gasteiger charge is -2.08. The smallest absolute Gasteiger partial charge is 0.337 e. The molecule has 0 atom stereocenters. The molecular weight excluding hydrogens is 320 g/mol. The average molecular weight is 329 g/mol. The molecule has 0 saturated heterocycles. The summed E-state index contributed by atoms with van der Waals surface area (Å²) in [5, 5.41) is 17.6. The van der Waals surface area contributed by atoms with Gasteiger partial charge in [0.2, 0.25) is 0 Å². The van der Waals surface area contributed by atoms with Gasteiger partial charge in [-0.25, -0.2) is 9.78 Å². The van der Waals surface area contributed by atoms with Gasteiger partial charge in [0.15, 0.2) is 5.03 Å². The Morgan fingerprint density at radius 1 is 1.24 bits per heavy atom. The number of halogens is 1. The van der Waals surface area contributed by atoms with Crippen molar-refractivity contribution in [3.05, 3.63) is 47.1 Å². The van der Waals surface area contributed by atoms with Crippen LogP contribution in [0.4, 0.5) is 5.69 Å². The van der Waals surface area contributed by atoms with Crippen LogP contribution in [0.25, 0.3) is 0 Å². The van der Waals surface area contributed by atoms with Crippen LogP contribution in [0, 0.1) is 0 Å². The van der Waals surface area contributed by atoms with Crippen LogP contribution in [0.1, 0.15) is 10.4 Å². The minimum absolute atomic E-state index is 0.00983. The fourth-order valence-electron chi connectivity index (χ4n) is 1.44. The molecule has 0 aliphatic heterocycles. The molecule has 0 amide bonds. The van der Waals surface area contributed by atoms with E-state index in [1.807, 2.05) is 0 Å². The molecule has 21 heavy (non-hydrogen) atoms. The van der Waals surface area contributed by atoms with E-state index in [-0.39, 0.29) is 27.0 Å². The summed E-state index contributed by atoms with van der Waals surface area (Å²) >= 11 is 5.68. The molecule has 0 aliphatic carbocycles. The summed E-state index contributed by atoms with van der Waals surface area (Å²) in [6.45, 7) is 0. The zero-order valence-corrected chi connectivity index (χ0v) is 11.9. The number of rotatable bonds is 4. The highest BCUT2D eigenvalue weighted by molar-refractivity contribution is 7.92. The number of anilines is 1. The minimum Gasteiger partial charge on any atom is -0.506 e. The van der Waals surface area contributed by atoms with Gasteiger partial charge in [0.1, 0.15) is 5.75 Å². The summed E-state index contributed by atoms with van der Waals surface area (Å²) < 4.78 is 26.3. The molecule has 110 valence electrons. The van der Waals surface area contributed by atoms with Crippen molar-refractivity contribution in [2.45, 2.75) is 5.03 Å². The molecule has 0 unspecified atom stereocenters. The summed E-state index contributed by atoms with van der Waals surface area (Å²) in [5.74, 6) is -1.38. The van der Waals surface area contributed by atoms with Crippen LogP contribution < -0.4 is 4.72 Å². The summed E-state index contributed by atoms with van der Waals surface area (Å²) in [7, 11) is -3.98. The van der Waals surface area contributed by atoms with Crippen molar-refractivity contribution in [3.63, 3.8) is 0 Å². The summed E-state index contributed by atoms with van der Waals surface area (Å²) in [5.41, 5.74) is 0.0172. The maximum Gasteiger partial charge on any atom is 0.337 e. The molecule has 1 aromatic heterocycles. The number of sulfonamides is 1. The van der Waals surface area contributed by atoms with Gasteiger partial charge in [0.25, 0.3) is 10.0 Å². The largest absolute Gasteiger partial charge is 0.506 e. The molecule has 0 aliphatic rings. The highest BCUT2D eigenvalue weighted by Gasteiger charge is 2.17. The molecule has 1 heterocycles. The standard InChI is InChI=1S/C12H9ClN2O5S/c13-9-5-8(2-3-10(9)16)15-21(19,20)11-4-1-7(6-14-11)12(17)18/h1-6,15-16H,(H,17,18). The van der Waals surface area contributed by atoms with Gasteiger partial charge in [0.05, 0.1) is 16.3 Å². The number of aromatic hydroxyl groups is 1. The number of hydrogen-bond donors (Lipinski definition) is 3. The second-order valence-electron chi connectivity index (χ2n) is 3.96. The van der Waals surface area contributed by atoms with Crippen LogP contribution in [0.3, 0.4) is 0 Å². The number of carboxylic acids is 1. The molecule has 9 heteroatoms. The molecule has 2 aromatic rings. The molecular formula is C12H9ClN2O5S. The minimum atomic E-state index is -3.98. The predicted molar refractivity (Wildman–Crippen MR) is 75.1 cm³/mol. The third kappa shape index (κ3) is 3.41. The number of carbonyl (C=O) groups is 1. The monoisotopic (exact) mass is 328 g/mol. The van der Waals surface area contributed by atoms with Crippen molar-refractivity contribution in [1.82, 2.24) is 4.98 Å². The van der Waals surface area contributed by atoms with E-state index in [2.05, 4.69) is 9.71 Å². The molecule has 1 aromatic carbocycles. The number of carboxylic acid groups (broad SMARTS) is 1. The third-order valence-corrected chi connectivity index (χ3v) is 4.06. The fourth-order valence-corrected chi connectivity index (χ4v) is 2.60. The molecule has 0 fully saturated rings. The molecule has 0 spiro atoms. The van der Waals surface area contributed by atoms with Gasteiger partial charge < -0.3 is 10.2 Å². The number of benzene rings is 1. The Balaban J connectivity index is 2.29. The van der Waals surface area contributed by atoms with Crippen LogP contribution in [-0.4, -0.2) is 29.6 Å². The van der Waals surface area contributed by atoms with E-state index in [1.165, 1.54) is 18.2 Å². The van der Waals surface area contributed by atoms with E-state index in [0.29, 0.717) is 0 Å². The highest BCUT2D eigenvalue weighted by atomic mass is 35.5. The number of nitrogens with zero attached hydrogens (tertiary/aromatic N) is 1. The van der Waals surface area contributed by atoms with Crippen LogP contribution >= 0.6 is 11.6 Å². The number of phenolic OH excluding ortho intramolecular Hbond substituents is 1. The first-order valence-electron chi connectivity index (χ1n) is 5.50. The van der Waals surface area contributed by atoms with Gasteiger partial charge >= 0.3 is 5.97 Å². The quantitative estimate of drug-likeness (QED) is 0.738. The summed E-state index contributed by atoms with van der Waals surface area (Å²) in [4.78, 5) is 14.3. The van der Waals surface area contributed by atoms with Crippen molar-refractivity contribution < 1.29 is 23.4 Å². The van der Waals surface area contributed by atoms with Crippen LogP contribution in [0.2, 0.25) is 5.02 Å². The lowest BCUT2D eigenvalue weighted by molar-refractivity contribution is 0.0696. The lowest BCUT2D eigenvalue weighted by atomic mass is 10.3. The number of aromatic nitrogens is 1. The Hall–Kier alpha value is -2.32. The van der Waals surface area contributed by atoms with Gasteiger partial charge in [0, 0.05) is 6.20 Å². The van der Waals surface area contributed by atoms with Gasteiger partial charge in [-0.1, -0.05) is 11.6 Å². The first-order chi connectivity index (χ1) is 9.79. The number of pyridine rings is 1. The summed E-state index contributed by atoms with van der Waals surface area (Å²) in [6, 6.07) is 6.01. The van der Waals surface area contributed by atoms with Gasteiger partial charge in [-0.2, -0.15) is 8.42 Å². The Morgan fingerprint density at radius 2 is 1.95 bits per heavy atom. The van der Waals surface area contributed by atoms with Crippen molar-refractivity contribution in [2.75, 3.05) is 4.72 Å². The van der Waals surface area contributed by atoms with Crippen molar-refractivity contribution in [3.8, 4) is 5.75 Å². The normalized spacial score (nSPS) is 11.1. The molecule has 7 nitrogen and oxygen atoms in total. The third-order valence-electron chi connectivity index (χ3n) is 2.46. The van der Waals surface area contributed by atoms with E-state index in [1.54, 1.807) is 0 Å². The second-order valence-corrected chi connectivity index (χ2v) is 6.00. The number of nitrogens with one attached hydrogen (secondary N) is 1. The van der Waals surface area contributed by atoms with E-state index in [0.717, 1.165) is 18.3 Å². The zero-order chi connectivity index (χ0) is 15.6. The molecule has 0 radical (unpaired) electrons. The average Bonchev–Trinajstić information content (AvgIpc) is 2.43. The Kier molecular flexibility index (Phi) is 4.01.